The van der Waals surface area contributed by atoms with E-state index in [4.69, 9.17) is 29.9 Å². The Morgan fingerprint density at radius 1 is 0.242 bits per heavy atom. The van der Waals surface area contributed by atoms with Crippen LogP contribution in [-0.2, 0) is 0 Å². The molecule has 66 heavy (non-hydrogen) atoms. The van der Waals surface area contributed by atoms with Gasteiger partial charge in [0, 0.05) is 33.4 Å². The van der Waals surface area contributed by atoms with Gasteiger partial charge in [-0.05, 0) is 74.5 Å². The van der Waals surface area contributed by atoms with Crippen molar-refractivity contribution >= 4 is 10.8 Å². The zero-order chi connectivity index (χ0) is 44.2. The summed E-state index contributed by atoms with van der Waals surface area (Å²) in [5.74, 6) is 3.70. The minimum atomic E-state index is 0.597. The molecule has 11 rings (SSSR count). The smallest absolute Gasteiger partial charge is 0.164 e. The van der Waals surface area contributed by atoms with E-state index in [1.54, 1.807) is 0 Å². The number of hydrogen-bond donors (Lipinski definition) is 0. The molecule has 7 nitrogen and oxygen atoms in total. The summed E-state index contributed by atoms with van der Waals surface area (Å²) in [7, 11) is 0. The lowest BCUT2D eigenvalue weighted by atomic mass is 9.89. The summed E-state index contributed by atoms with van der Waals surface area (Å²) < 4.78 is 0. The van der Waals surface area contributed by atoms with E-state index in [9.17, 15) is 5.26 Å². The second kappa shape index (κ2) is 17.5. The van der Waals surface area contributed by atoms with Gasteiger partial charge in [0.2, 0.25) is 0 Å². The maximum absolute atomic E-state index is 9.58. The first-order chi connectivity index (χ1) is 32.6. The van der Waals surface area contributed by atoms with Gasteiger partial charge in [0.15, 0.2) is 34.9 Å². The van der Waals surface area contributed by atoms with Gasteiger partial charge in [0.25, 0.3) is 0 Å². The van der Waals surface area contributed by atoms with Crippen molar-refractivity contribution in [2.24, 2.45) is 0 Å². The molecule has 2 aromatic heterocycles. The fourth-order valence-corrected chi connectivity index (χ4v) is 8.17. The lowest BCUT2D eigenvalue weighted by Gasteiger charge is -2.15. The van der Waals surface area contributed by atoms with E-state index < -0.39 is 0 Å². The molecule has 9 aromatic carbocycles. The van der Waals surface area contributed by atoms with Gasteiger partial charge in [-0.1, -0.05) is 194 Å². The summed E-state index contributed by atoms with van der Waals surface area (Å²) in [5, 5.41) is 11.8. The molecular formula is C59H37N7. The highest BCUT2D eigenvalue weighted by molar-refractivity contribution is 5.98. The highest BCUT2D eigenvalue weighted by atomic mass is 15.0. The van der Waals surface area contributed by atoms with Crippen LogP contribution in [0.5, 0.6) is 0 Å². The molecule has 2 heterocycles. The van der Waals surface area contributed by atoms with Crippen LogP contribution in [0.2, 0.25) is 0 Å². The maximum atomic E-state index is 9.58. The van der Waals surface area contributed by atoms with Gasteiger partial charge in [0.1, 0.15) is 0 Å². The van der Waals surface area contributed by atoms with E-state index in [1.807, 2.05) is 146 Å². The Kier molecular flexibility index (Phi) is 10.5. The van der Waals surface area contributed by atoms with Gasteiger partial charge in [-0.3, -0.25) is 0 Å². The highest BCUT2D eigenvalue weighted by Crippen LogP contribution is 2.39. The number of nitrogens with zero attached hydrogens (tertiary/aromatic N) is 7. The van der Waals surface area contributed by atoms with Crippen molar-refractivity contribution in [2.45, 2.75) is 0 Å². The predicted molar refractivity (Wildman–Crippen MR) is 264 cm³/mol. The third kappa shape index (κ3) is 8.10. The number of rotatable bonds is 9. The zero-order valence-electron chi connectivity index (χ0n) is 35.5. The molecular weight excluding hydrogens is 807 g/mol. The molecule has 308 valence electrons. The Morgan fingerprint density at radius 2 is 0.530 bits per heavy atom. The first-order valence-corrected chi connectivity index (χ1v) is 21.7. The molecule has 0 aliphatic heterocycles. The standard InChI is InChI=1S/C59H37N7/c60-38-39-21-23-41(24-22-39)52-36-50-34-33-49(40-25-29-47(30-26-40)58-63-54(43-13-5-1-6-14-43)61-55(64-58)44-15-7-2-8-16-44)35-51(50)37-53(52)42-27-31-48(32-28-42)59-65-56(45-17-9-3-10-18-45)62-57(66-59)46-19-11-4-12-20-46/h1-37H. The van der Waals surface area contributed by atoms with Crippen LogP contribution in [0.4, 0.5) is 0 Å². The Balaban J connectivity index is 0.965. The Labute approximate surface area is 382 Å². The summed E-state index contributed by atoms with van der Waals surface area (Å²) >= 11 is 0. The molecule has 0 bridgehead atoms. The molecule has 0 unspecified atom stereocenters. The van der Waals surface area contributed by atoms with Crippen molar-refractivity contribution in [2.75, 3.05) is 0 Å². The van der Waals surface area contributed by atoms with E-state index in [0.29, 0.717) is 40.5 Å². The van der Waals surface area contributed by atoms with Gasteiger partial charge >= 0.3 is 0 Å². The molecule has 0 saturated heterocycles. The molecule has 0 aliphatic carbocycles. The van der Waals surface area contributed by atoms with E-state index in [1.165, 1.54) is 0 Å². The first kappa shape index (κ1) is 39.6. The van der Waals surface area contributed by atoms with Crippen molar-refractivity contribution < 1.29 is 0 Å². The van der Waals surface area contributed by atoms with Crippen LogP contribution < -0.4 is 0 Å². The molecule has 0 spiro atoms. The molecule has 0 atom stereocenters. The minimum absolute atomic E-state index is 0.597. The van der Waals surface area contributed by atoms with Crippen LogP contribution in [0, 0.1) is 11.3 Å². The number of nitriles is 1. The van der Waals surface area contributed by atoms with Gasteiger partial charge in [-0.2, -0.15) is 5.26 Å². The molecule has 7 heteroatoms. The summed E-state index contributed by atoms with van der Waals surface area (Å²) in [6, 6.07) is 78.0. The third-order valence-corrected chi connectivity index (χ3v) is 11.6. The number of benzene rings is 9. The van der Waals surface area contributed by atoms with E-state index in [-0.39, 0.29) is 0 Å². The fourth-order valence-electron chi connectivity index (χ4n) is 8.17. The second-order valence-electron chi connectivity index (χ2n) is 15.9. The van der Waals surface area contributed by atoms with Gasteiger partial charge in [0.05, 0.1) is 11.6 Å². The summed E-state index contributed by atoms with van der Waals surface area (Å²) in [6.07, 6.45) is 0. The van der Waals surface area contributed by atoms with Crippen LogP contribution in [0.1, 0.15) is 5.56 Å². The Morgan fingerprint density at radius 3 is 0.894 bits per heavy atom. The van der Waals surface area contributed by atoms with Crippen molar-refractivity contribution in [3.8, 4) is 108 Å². The van der Waals surface area contributed by atoms with Crippen LogP contribution in [0.15, 0.2) is 224 Å². The van der Waals surface area contributed by atoms with Crippen molar-refractivity contribution in [3.05, 3.63) is 230 Å². The molecule has 0 aliphatic rings. The maximum Gasteiger partial charge on any atom is 0.164 e. The topological polar surface area (TPSA) is 101 Å². The lowest BCUT2D eigenvalue weighted by molar-refractivity contribution is 1.07. The monoisotopic (exact) mass is 843 g/mol. The normalized spacial score (nSPS) is 11.0. The van der Waals surface area contributed by atoms with Crippen LogP contribution >= 0.6 is 0 Å². The van der Waals surface area contributed by atoms with Crippen LogP contribution in [-0.4, -0.2) is 29.9 Å². The number of fused-ring (bicyclic) bond motifs is 1. The van der Waals surface area contributed by atoms with Gasteiger partial charge in [-0.25, -0.2) is 29.9 Å². The summed E-state index contributed by atoms with van der Waals surface area (Å²) in [5.41, 5.74) is 12.5. The first-order valence-electron chi connectivity index (χ1n) is 21.7. The Hall–Kier alpha value is -9.25. The van der Waals surface area contributed by atoms with E-state index in [0.717, 1.165) is 77.5 Å². The minimum Gasteiger partial charge on any atom is -0.208 e. The van der Waals surface area contributed by atoms with Gasteiger partial charge in [-0.15, -0.1) is 0 Å². The molecule has 0 radical (unpaired) electrons. The third-order valence-electron chi connectivity index (χ3n) is 11.6. The van der Waals surface area contributed by atoms with Crippen LogP contribution in [0.3, 0.4) is 0 Å². The largest absolute Gasteiger partial charge is 0.208 e. The molecule has 0 N–H and O–H groups in total. The SMILES string of the molecule is N#Cc1ccc(-c2cc3ccc(-c4ccc(-c5nc(-c6ccccc6)nc(-c6ccccc6)n5)cc4)cc3cc2-c2ccc(-c3nc(-c4ccccc4)nc(-c4ccccc4)n3)cc2)cc1. The fraction of sp³-hybridized carbons (Fsp3) is 0. The lowest BCUT2D eigenvalue weighted by Crippen LogP contribution is -2.00. The molecule has 11 aromatic rings. The van der Waals surface area contributed by atoms with E-state index in [2.05, 4.69) is 84.9 Å². The Bertz CT molecular complexity index is 3420. The number of hydrogen-bond acceptors (Lipinski definition) is 7. The average Bonchev–Trinajstić information content (AvgIpc) is 3.41. The average molecular weight is 844 g/mol. The van der Waals surface area contributed by atoms with Gasteiger partial charge < -0.3 is 0 Å². The predicted octanol–water partition coefficient (Wildman–Crippen LogP) is 14.1. The zero-order valence-corrected chi connectivity index (χ0v) is 35.5. The van der Waals surface area contributed by atoms with E-state index >= 15 is 0 Å². The van der Waals surface area contributed by atoms with Crippen molar-refractivity contribution in [1.29, 1.82) is 5.26 Å². The van der Waals surface area contributed by atoms with Crippen molar-refractivity contribution in [1.82, 2.24) is 29.9 Å². The summed E-state index contributed by atoms with van der Waals surface area (Å²) in [4.78, 5) is 29.5. The highest BCUT2D eigenvalue weighted by Gasteiger charge is 2.16. The second-order valence-corrected chi connectivity index (χ2v) is 15.9. The summed E-state index contributed by atoms with van der Waals surface area (Å²) in [6.45, 7) is 0. The molecule has 0 saturated carbocycles. The quantitative estimate of drug-likeness (QED) is 0.143. The number of aromatic nitrogens is 6. The van der Waals surface area contributed by atoms with Crippen LogP contribution in [0.25, 0.3) is 112 Å². The van der Waals surface area contributed by atoms with Crippen molar-refractivity contribution in [3.63, 3.8) is 0 Å². The molecule has 0 amide bonds. The molecule has 0 fully saturated rings.